The van der Waals surface area contributed by atoms with E-state index in [9.17, 15) is 4.79 Å². The third kappa shape index (κ3) is 4.09. The zero-order valence-electron chi connectivity index (χ0n) is 12.6. The Morgan fingerprint density at radius 2 is 2.10 bits per heavy atom. The van der Waals surface area contributed by atoms with Crippen LogP contribution in [-0.4, -0.2) is 49.4 Å². The fraction of sp³-hybridized carbons (Fsp3) is 0.533. The maximum atomic E-state index is 12.6. The van der Waals surface area contributed by atoms with Crippen LogP contribution in [0.1, 0.15) is 23.2 Å². The lowest BCUT2D eigenvalue weighted by Gasteiger charge is -2.33. The molecule has 3 N–H and O–H groups in total. The summed E-state index contributed by atoms with van der Waals surface area (Å²) in [4.78, 5) is 16.7. The summed E-state index contributed by atoms with van der Waals surface area (Å²) < 4.78 is 0. The van der Waals surface area contributed by atoms with E-state index in [1.807, 2.05) is 4.90 Å². The molecule has 0 saturated carbocycles. The van der Waals surface area contributed by atoms with Crippen LogP contribution in [0.2, 0.25) is 5.02 Å². The highest BCUT2D eigenvalue weighted by Crippen LogP contribution is 2.24. The first-order valence-electron chi connectivity index (χ1n) is 7.21. The first-order valence-corrected chi connectivity index (χ1v) is 7.59. The van der Waals surface area contributed by atoms with Gasteiger partial charge in [0.2, 0.25) is 0 Å². The Bertz CT molecular complexity index is 498. The number of benzene rings is 1. The number of carbonyl (C=O) groups excluding carboxylic acids is 1. The Morgan fingerprint density at radius 1 is 1.43 bits per heavy atom. The van der Waals surface area contributed by atoms with Gasteiger partial charge in [-0.15, -0.1) is 0 Å². The van der Waals surface area contributed by atoms with Gasteiger partial charge in [0.1, 0.15) is 0 Å². The lowest BCUT2D eigenvalue weighted by Crippen LogP contribution is -2.41. The predicted octanol–water partition coefficient (Wildman–Crippen LogP) is 2.04. The van der Waals surface area contributed by atoms with Crippen LogP contribution >= 0.6 is 11.6 Å². The lowest BCUT2D eigenvalue weighted by atomic mass is 9.96. The molecule has 0 bridgehead atoms. The number of hydrazine groups is 1. The number of piperidine rings is 1. The van der Waals surface area contributed by atoms with E-state index in [-0.39, 0.29) is 5.91 Å². The van der Waals surface area contributed by atoms with E-state index in [4.69, 9.17) is 17.4 Å². The van der Waals surface area contributed by atoms with Crippen molar-refractivity contribution in [3.8, 4) is 0 Å². The number of nitrogens with two attached hydrogens (primary N) is 1. The van der Waals surface area contributed by atoms with Gasteiger partial charge in [-0.05, 0) is 51.1 Å². The van der Waals surface area contributed by atoms with Crippen LogP contribution in [0, 0.1) is 5.92 Å². The smallest absolute Gasteiger partial charge is 0.256 e. The van der Waals surface area contributed by atoms with Gasteiger partial charge in [0, 0.05) is 24.7 Å². The Hall–Kier alpha value is -1.30. The second-order valence-electron chi connectivity index (χ2n) is 5.83. The van der Waals surface area contributed by atoms with Gasteiger partial charge < -0.3 is 15.2 Å². The van der Waals surface area contributed by atoms with Crippen molar-refractivity contribution in [2.75, 3.05) is 39.2 Å². The fourth-order valence-corrected chi connectivity index (χ4v) is 3.00. The van der Waals surface area contributed by atoms with Crippen LogP contribution < -0.4 is 11.3 Å². The van der Waals surface area contributed by atoms with E-state index < -0.39 is 0 Å². The summed E-state index contributed by atoms with van der Waals surface area (Å²) >= 11 is 5.99. The molecule has 0 atom stereocenters. The Labute approximate surface area is 131 Å². The number of nitrogens with zero attached hydrogens (tertiary/aromatic N) is 2. The van der Waals surface area contributed by atoms with Crippen LogP contribution in [0.25, 0.3) is 0 Å². The number of anilines is 1. The van der Waals surface area contributed by atoms with Gasteiger partial charge >= 0.3 is 0 Å². The summed E-state index contributed by atoms with van der Waals surface area (Å²) in [6.07, 6.45) is 2.08. The van der Waals surface area contributed by atoms with Crippen LogP contribution in [0.15, 0.2) is 18.2 Å². The normalized spacial score (nSPS) is 16.3. The number of hydrogen-bond donors (Lipinski definition) is 2. The van der Waals surface area contributed by atoms with E-state index in [0.29, 0.717) is 22.2 Å². The van der Waals surface area contributed by atoms with Gasteiger partial charge in [-0.25, -0.2) is 0 Å². The first-order chi connectivity index (χ1) is 10.0. The van der Waals surface area contributed by atoms with Gasteiger partial charge in [0.05, 0.1) is 11.3 Å². The van der Waals surface area contributed by atoms with E-state index in [2.05, 4.69) is 24.4 Å². The Morgan fingerprint density at radius 3 is 2.67 bits per heavy atom. The van der Waals surface area contributed by atoms with Gasteiger partial charge in [0.15, 0.2) is 0 Å². The largest absolute Gasteiger partial charge is 0.339 e. The van der Waals surface area contributed by atoms with Crippen LogP contribution in [-0.2, 0) is 0 Å². The number of hydrogen-bond acceptors (Lipinski definition) is 4. The molecule has 1 fully saturated rings. The van der Waals surface area contributed by atoms with Gasteiger partial charge in [-0.3, -0.25) is 10.6 Å². The second kappa shape index (κ2) is 7.11. The van der Waals surface area contributed by atoms with Crippen molar-refractivity contribution >= 4 is 23.2 Å². The molecule has 0 spiro atoms. The average Bonchev–Trinajstić information content (AvgIpc) is 2.46. The first kappa shape index (κ1) is 16.1. The molecule has 6 heteroatoms. The van der Waals surface area contributed by atoms with Gasteiger partial charge in [-0.1, -0.05) is 11.6 Å². The molecule has 1 heterocycles. The van der Waals surface area contributed by atoms with Crippen molar-refractivity contribution in [3.63, 3.8) is 0 Å². The molecule has 1 aromatic carbocycles. The van der Waals surface area contributed by atoms with Crippen molar-refractivity contribution < 1.29 is 4.79 Å². The zero-order chi connectivity index (χ0) is 15.4. The average molecular weight is 311 g/mol. The highest BCUT2D eigenvalue weighted by atomic mass is 35.5. The monoisotopic (exact) mass is 310 g/mol. The molecule has 0 aliphatic carbocycles. The molecule has 2 rings (SSSR count). The van der Waals surface area contributed by atoms with Crippen molar-refractivity contribution in [1.82, 2.24) is 9.80 Å². The molecule has 116 valence electrons. The standard InChI is InChI=1S/C15H23ClN4O/c1-19(2)10-11-5-7-20(8-6-11)15(21)13-9-12(16)3-4-14(13)18-17/h3-4,9,11,18H,5-8,10,17H2,1-2H3. The van der Waals surface area contributed by atoms with E-state index in [1.54, 1.807) is 18.2 Å². The van der Waals surface area contributed by atoms with Crippen LogP contribution in [0.5, 0.6) is 0 Å². The van der Waals surface area contributed by atoms with Crippen LogP contribution in [0.3, 0.4) is 0 Å². The topological polar surface area (TPSA) is 61.6 Å². The molecule has 1 aliphatic heterocycles. The minimum atomic E-state index is -0.00578. The number of nitrogen functional groups attached to an aromatic ring is 1. The van der Waals surface area contributed by atoms with E-state index in [1.165, 1.54) is 0 Å². The molecule has 21 heavy (non-hydrogen) atoms. The van der Waals surface area contributed by atoms with Gasteiger partial charge in [-0.2, -0.15) is 0 Å². The summed E-state index contributed by atoms with van der Waals surface area (Å²) in [5.41, 5.74) is 3.71. The Balaban J connectivity index is 2.03. The molecule has 0 aromatic heterocycles. The minimum absolute atomic E-state index is 0.00578. The summed E-state index contributed by atoms with van der Waals surface area (Å²) in [7, 11) is 4.17. The predicted molar refractivity (Wildman–Crippen MR) is 86.4 cm³/mol. The lowest BCUT2D eigenvalue weighted by molar-refractivity contribution is 0.0679. The SMILES string of the molecule is CN(C)CC1CCN(C(=O)c2cc(Cl)ccc2NN)CC1. The molecule has 1 saturated heterocycles. The van der Waals surface area contributed by atoms with Crippen molar-refractivity contribution in [2.45, 2.75) is 12.8 Å². The second-order valence-corrected chi connectivity index (χ2v) is 6.27. The molecule has 0 unspecified atom stereocenters. The molecule has 5 nitrogen and oxygen atoms in total. The summed E-state index contributed by atoms with van der Waals surface area (Å²) in [6, 6.07) is 5.12. The molecular weight excluding hydrogens is 288 g/mol. The zero-order valence-corrected chi connectivity index (χ0v) is 13.4. The summed E-state index contributed by atoms with van der Waals surface area (Å²) in [5.74, 6) is 6.13. The fourth-order valence-electron chi connectivity index (χ4n) is 2.82. The van der Waals surface area contributed by atoms with Gasteiger partial charge in [0.25, 0.3) is 5.91 Å². The number of carbonyl (C=O) groups is 1. The number of nitrogens with one attached hydrogen (secondary N) is 1. The molecule has 1 amide bonds. The third-order valence-corrected chi connectivity index (χ3v) is 4.13. The molecular formula is C15H23ClN4O. The van der Waals surface area contributed by atoms with Crippen LogP contribution in [0.4, 0.5) is 5.69 Å². The highest BCUT2D eigenvalue weighted by Gasteiger charge is 2.25. The minimum Gasteiger partial charge on any atom is -0.339 e. The number of amides is 1. The van der Waals surface area contributed by atoms with E-state index in [0.717, 1.165) is 32.5 Å². The van der Waals surface area contributed by atoms with Crippen molar-refractivity contribution in [2.24, 2.45) is 11.8 Å². The highest BCUT2D eigenvalue weighted by molar-refractivity contribution is 6.31. The summed E-state index contributed by atoms with van der Waals surface area (Å²) in [6.45, 7) is 2.65. The van der Waals surface area contributed by atoms with Crippen molar-refractivity contribution in [3.05, 3.63) is 28.8 Å². The molecule has 1 aliphatic rings. The quantitative estimate of drug-likeness (QED) is 0.660. The molecule has 1 aromatic rings. The maximum absolute atomic E-state index is 12.6. The summed E-state index contributed by atoms with van der Waals surface area (Å²) in [5, 5.41) is 0.542. The number of rotatable bonds is 4. The van der Waals surface area contributed by atoms with E-state index >= 15 is 0 Å². The number of likely N-dealkylation sites (tertiary alicyclic amines) is 1. The maximum Gasteiger partial charge on any atom is 0.256 e. The number of halogens is 1. The third-order valence-electron chi connectivity index (χ3n) is 3.89. The Kier molecular flexibility index (Phi) is 5.45. The molecule has 0 radical (unpaired) electrons. The van der Waals surface area contributed by atoms with Crippen molar-refractivity contribution in [1.29, 1.82) is 0 Å².